The predicted octanol–water partition coefficient (Wildman–Crippen LogP) is 3.86. The predicted molar refractivity (Wildman–Crippen MR) is 64.3 cm³/mol. The lowest BCUT2D eigenvalue weighted by Gasteiger charge is -1.89. The molecule has 1 aromatic rings. The minimum Gasteiger partial charge on any atom is -0.478 e. The monoisotopic (exact) mass is 320 g/mol. The van der Waals surface area contributed by atoms with E-state index < -0.39 is 5.97 Å². The molecular weight excluding hydrogens is 312 g/mol. The van der Waals surface area contributed by atoms with Gasteiger partial charge in [-0.1, -0.05) is 18.7 Å². The van der Waals surface area contributed by atoms with Gasteiger partial charge >= 0.3 is 5.97 Å². The molecule has 0 spiro atoms. The normalized spacial score (nSPS) is 8.50. The average molecular weight is 322 g/mol. The van der Waals surface area contributed by atoms with Gasteiger partial charge in [-0.05, 0) is 50.9 Å². The number of hydrogen-bond donors (Lipinski definition) is 1. The third kappa shape index (κ3) is 5.94. The Morgan fingerprint density at radius 2 is 1.57 bits per heavy atom. The van der Waals surface area contributed by atoms with Crippen LogP contribution >= 0.6 is 31.9 Å². The summed E-state index contributed by atoms with van der Waals surface area (Å²) in [7, 11) is 0. The first kappa shape index (κ1) is 13.4. The van der Waals surface area contributed by atoms with E-state index in [9.17, 15) is 4.79 Å². The second-order valence-electron chi connectivity index (χ2n) is 2.50. The van der Waals surface area contributed by atoms with Gasteiger partial charge in [0, 0.05) is 14.5 Å². The third-order valence-corrected chi connectivity index (χ3v) is 3.10. The van der Waals surface area contributed by atoms with Crippen LogP contribution < -0.4 is 0 Å². The van der Waals surface area contributed by atoms with Gasteiger partial charge < -0.3 is 5.11 Å². The molecule has 0 saturated carbocycles. The van der Waals surface area contributed by atoms with Crippen molar-refractivity contribution in [3.8, 4) is 0 Å². The molecule has 0 heterocycles. The van der Waals surface area contributed by atoms with Gasteiger partial charge in [0.2, 0.25) is 0 Å². The van der Waals surface area contributed by atoms with Gasteiger partial charge in [-0.2, -0.15) is 0 Å². The number of halogens is 2. The first-order valence-electron chi connectivity index (χ1n) is 3.74. The summed E-state index contributed by atoms with van der Waals surface area (Å²) < 4.78 is 2.19. The first-order chi connectivity index (χ1) is 6.45. The average Bonchev–Trinajstić information content (AvgIpc) is 2.11. The van der Waals surface area contributed by atoms with E-state index in [4.69, 9.17) is 5.11 Å². The Morgan fingerprint density at radius 3 is 1.71 bits per heavy atom. The Morgan fingerprint density at radius 1 is 1.29 bits per heavy atom. The molecule has 0 aliphatic rings. The van der Waals surface area contributed by atoms with Crippen molar-refractivity contribution in [3.63, 3.8) is 0 Å². The quantitative estimate of drug-likeness (QED) is 0.797. The number of aliphatic carboxylic acids is 1. The van der Waals surface area contributed by atoms with E-state index >= 15 is 0 Å². The lowest BCUT2D eigenvalue weighted by molar-refractivity contribution is -0.132. The summed E-state index contributed by atoms with van der Waals surface area (Å²) in [5, 5.41) is 7.89. The van der Waals surface area contributed by atoms with E-state index in [0.717, 1.165) is 8.95 Å². The minimum atomic E-state index is -0.935. The van der Waals surface area contributed by atoms with Crippen LogP contribution in [-0.2, 0) is 4.79 Å². The summed E-state index contributed by atoms with van der Waals surface area (Å²) in [5.74, 6) is -0.935. The second kappa shape index (κ2) is 6.79. The van der Waals surface area contributed by atoms with Crippen LogP contribution in [-0.4, -0.2) is 11.1 Å². The van der Waals surface area contributed by atoms with Gasteiger partial charge in [0.1, 0.15) is 0 Å². The van der Waals surface area contributed by atoms with Crippen LogP contribution in [0.5, 0.6) is 0 Å². The van der Waals surface area contributed by atoms with Crippen LogP contribution in [0.15, 0.2) is 45.4 Å². The van der Waals surface area contributed by atoms with Gasteiger partial charge in [-0.15, -0.1) is 0 Å². The maximum absolute atomic E-state index is 9.60. The van der Waals surface area contributed by atoms with E-state index in [0.29, 0.717) is 0 Å². The van der Waals surface area contributed by atoms with Crippen molar-refractivity contribution < 1.29 is 9.90 Å². The SMILES string of the molecule is Brc1ccccc1Br.C=C(C)C(=O)O. The fourth-order valence-corrected chi connectivity index (χ4v) is 1.01. The summed E-state index contributed by atoms with van der Waals surface area (Å²) in [6.07, 6.45) is 0. The van der Waals surface area contributed by atoms with Crippen LogP contribution in [0.1, 0.15) is 6.92 Å². The van der Waals surface area contributed by atoms with Crippen LogP contribution in [0.25, 0.3) is 0 Å². The maximum atomic E-state index is 9.60. The lowest BCUT2D eigenvalue weighted by Crippen LogP contribution is -1.92. The molecule has 1 N–H and O–H groups in total. The number of carbonyl (C=O) groups is 1. The van der Waals surface area contributed by atoms with E-state index in [-0.39, 0.29) is 5.57 Å². The third-order valence-electron chi connectivity index (χ3n) is 1.19. The molecular formula is C10H10Br2O2. The molecule has 0 saturated heterocycles. The smallest absolute Gasteiger partial charge is 0.330 e. The van der Waals surface area contributed by atoms with Gasteiger partial charge in [-0.25, -0.2) is 4.79 Å². The van der Waals surface area contributed by atoms with E-state index in [1.807, 2.05) is 24.3 Å². The van der Waals surface area contributed by atoms with Crippen molar-refractivity contribution in [3.05, 3.63) is 45.4 Å². The molecule has 0 amide bonds. The number of hydrogen-bond acceptors (Lipinski definition) is 1. The highest BCUT2D eigenvalue weighted by molar-refractivity contribution is 9.13. The Hall–Kier alpha value is -0.610. The molecule has 4 heteroatoms. The summed E-state index contributed by atoms with van der Waals surface area (Å²) in [5.41, 5.74) is 0.176. The number of carboxylic acids is 1. The van der Waals surface area contributed by atoms with Gasteiger partial charge in [0.05, 0.1) is 0 Å². The highest BCUT2D eigenvalue weighted by Gasteiger charge is 1.90. The van der Waals surface area contributed by atoms with Crippen molar-refractivity contribution in [2.75, 3.05) is 0 Å². The van der Waals surface area contributed by atoms with Crippen LogP contribution in [0.3, 0.4) is 0 Å². The summed E-state index contributed by atoms with van der Waals surface area (Å²) in [6.45, 7) is 4.60. The molecule has 0 fully saturated rings. The zero-order chi connectivity index (χ0) is 11.1. The zero-order valence-electron chi connectivity index (χ0n) is 7.63. The molecule has 2 nitrogen and oxygen atoms in total. The van der Waals surface area contributed by atoms with Crippen LogP contribution in [0.4, 0.5) is 0 Å². The van der Waals surface area contributed by atoms with Crippen molar-refractivity contribution >= 4 is 37.8 Å². The molecule has 0 radical (unpaired) electrons. The van der Waals surface area contributed by atoms with Crippen molar-refractivity contribution in [2.45, 2.75) is 6.92 Å². The van der Waals surface area contributed by atoms with Crippen LogP contribution in [0, 0.1) is 0 Å². The van der Waals surface area contributed by atoms with Crippen molar-refractivity contribution in [1.29, 1.82) is 0 Å². The van der Waals surface area contributed by atoms with Gasteiger partial charge in [-0.3, -0.25) is 0 Å². The highest BCUT2D eigenvalue weighted by atomic mass is 79.9. The largest absolute Gasteiger partial charge is 0.478 e. The molecule has 76 valence electrons. The molecule has 1 rings (SSSR count). The Labute approximate surface area is 99.9 Å². The molecule has 0 aromatic heterocycles. The molecule has 0 aliphatic carbocycles. The summed E-state index contributed by atoms with van der Waals surface area (Å²) >= 11 is 6.70. The lowest BCUT2D eigenvalue weighted by atomic mass is 10.4. The molecule has 0 atom stereocenters. The fraction of sp³-hybridized carbons (Fsp3) is 0.100. The van der Waals surface area contributed by atoms with E-state index in [1.165, 1.54) is 6.92 Å². The molecule has 14 heavy (non-hydrogen) atoms. The number of rotatable bonds is 1. The summed E-state index contributed by atoms with van der Waals surface area (Å²) in [4.78, 5) is 9.60. The highest BCUT2D eigenvalue weighted by Crippen LogP contribution is 2.20. The number of benzene rings is 1. The number of carboxylic acid groups (broad SMARTS) is 1. The molecule has 1 aromatic carbocycles. The molecule has 0 unspecified atom stereocenters. The van der Waals surface area contributed by atoms with E-state index in [1.54, 1.807) is 0 Å². The minimum absolute atomic E-state index is 0.176. The first-order valence-corrected chi connectivity index (χ1v) is 5.32. The fourth-order valence-electron chi connectivity index (χ4n) is 0.439. The van der Waals surface area contributed by atoms with Crippen molar-refractivity contribution in [1.82, 2.24) is 0 Å². The zero-order valence-corrected chi connectivity index (χ0v) is 10.8. The Bertz CT molecular complexity index is 302. The topological polar surface area (TPSA) is 37.3 Å². The summed E-state index contributed by atoms with van der Waals surface area (Å²) in [6, 6.07) is 7.94. The van der Waals surface area contributed by atoms with E-state index in [2.05, 4.69) is 38.4 Å². The maximum Gasteiger partial charge on any atom is 0.330 e. The van der Waals surface area contributed by atoms with Crippen molar-refractivity contribution in [2.24, 2.45) is 0 Å². The van der Waals surface area contributed by atoms with Crippen LogP contribution in [0.2, 0.25) is 0 Å². The standard InChI is InChI=1S/C6H4Br2.C4H6O2/c7-5-3-1-2-4-6(5)8;1-3(2)4(5)6/h1-4H;1H2,2H3,(H,5,6). The Balaban J connectivity index is 0.000000255. The Kier molecular flexibility index (Phi) is 6.49. The molecule has 0 aliphatic heterocycles. The van der Waals surface area contributed by atoms with Gasteiger partial charge in [0.25, 0.3) is 0 Å². The van der Waals surface area contributed by atoms with Gasteiger partial charge in [0.15, 0.2) is 0 Å². The molecule has 0 bridgehead atoms. The second-order valence-corrected chi connectivity index (χ2v) is 4.21.